The lowest BCUT2D eigenvalue weighted by atomic mass is 10.1. The highest BCUT2D eigenvalue weighted by Gasteiger charge is 2.28. The van der Waals surface area contributed by atoms with Crippen LogP contribution in [0.25, 0.3) is 0 Å². The molecule has 2 atom stereocenters. The molecule has 0 amide bonds. The summed E-state index contributed by atoms with van der Waals surface area (Å²) in [6.45, 7) is 4.41. The number of nitrogens with zero attached hydrogens (tertiary/aromatic N) is 1. The molecule has 2 unspecified atom stereocenters. The largest absolute Gasteiger partial charge is 0.478 e. The van der Waals surface area contributed by atoms with Gasteiger partial charge < -0.3 is 9.47 Å². The number of esters is 1. The molecule has 0 aromatic rings. The van der Waals surface area contributed by atoms with Crippen LogP contribution in [0.2, 0.25) is 0 Å². The first-order chi connectivity index (χ1) is 6.19. The molecule has 1 aliphatic heterocycles. The number of hydrogen-bond donors (Lipinski definition) is 0. The van der Waals surface area contributed by atoms with E-state index in [0.717, 1.165) is 6.42 Å². The lowest BCUT2D eigenvalue weighted by Crippen LogP contribution is -2.21. The van der Waals surface area contributed by atoms with Crippen LogP contribution >= 0.6 is 0 Å². The maximum Gasteiger partial charge on any atom is 0.334 e. The monoisotopic (exact) mass is 185 g/mol. The van der Waals surface area contributed by atoms with Crippen LogP contribution in [0.3, 0.4) is 0 Å². The van der Waals surface area contributed by atoms with Crippen molar-refractivity contribution in [2.75, 3.05) is 13.7 Å². The van der Waals surface area contributed by atoms with Crippen molar-refractivity contribution in [1.29, 1.82) is 0 Å². The second kappa shape index (κ2) is 4.25. The van der Waals surface area contributed by atoms with Gasteiger partial charge >= 0.3 is 5.97 Å². The van der Waals surface area contributed by atoms with Crippen molar-refractivity contribution < 1.29 is 14.3 Å². The first kappa shape index (κ1) is 10.0. The molecule has 0 spiro atoms. The number of methoxy groups -OCH3 is 1. The van der Waals surface area contributed by atoms with Gasteiger partial charge in [-0.15, -0.1) is 0 Å². The molecule has 0 saturated heterocycles. The number of hydrogen-bond acceptors (Lipinski definition) is 4. The van der Waals surface area contributed by atoms with Crippen LogP contribution in [0.5, 0.6) is 0 Å². The van der Waals surface area contributed by atoms with E-state index in [9.17, 15) is 4.79 Å². The van der Waals surface area contributed by atoms with E-state index in [0.29, 0.717) is 12.5 Å². The number of carbonyl (C=O) groups is 1. The number of aliphatic imine (C=N–C) groups is 1. The van der Waals surface area contributed by atoms with Crippen molar-refractivity contribution in [3.63, 3.8) is 0 Å². The Bertz CT molecular complexity index is 225. The molecule has 1 aliphatic rings. The van der Waals surface area contributed by atoms with E-state index < -0.39 is 6.04 Å². The minimum atomic E-state index is -0.450. The SMILES string of the molecule is CCC(C)C1=NC(C(=O)OC)CO1. The van der Waals surface area contributed by atoms with Gasteiger partial charge in [-0.1, -0.05) is 13.8 Å². The zero-order valence-electron chi connectivity index (χ0n) is 8.24. The summed E-state index contributed by atoms with van der Waals surface area (Å²) in [6.07, 6.45) is 0.965. The highest BCUT2D eigenvalue weighted by molar-refractivity contribution is 5.86. The van der Waals surface area contributed by atoms with E-state index in [4.69, 9.17) is 4.74 Å². The molecule has 0 aromatic carbocycles. The van der Waals surface area contributed by atoms with Gasteiger partial charge in [0, 0.05) is 5.92 Å². The van der Waals surface area contributed by atoms with Gasteiger partial charge in [0.15, 0.2) is 11.9 Å². The van der Waals surface area contributed by atoms with Crippen molar-refractivity contribution in [2.24, 2.45) is 10.9 Å². The molecule has 0 N–H and O–H groups in total. The lowest BCUT2D eigenvalue weighted by molar-refractivity contribution is -0.142. The molecule has 0 bridgehead atoms. The zero-order chi connectivity index (χ0) is 9.84. The van der Waals surface area contributed by atoms with E-state index in [1.165, 1.54) is 7.11 Å². The normalized spacial score (nSPS) is 23.3. The summed E-state index contributed by atoms with van der Waals surface area (Å²) in [4.78, 5) is 15.2. The van der Waals surface area contributed by atoms with E-state index in [-0.39, 0.29) is 11.9 Å². The lowest BCUT2D eigenvalue weighted by Gasteiger charge is -2.06. The van der Waals surface area contributed by atoms with Crippen molar-refractivity contribution in [1.82, 2.24) is 0 Å². The Morgan fingerprint density at radius 1 is 1.85 bits per heavy atom. The van der Waals surface area contributed by atoms with E-state index in [2.05, 4.69) is 16.7 Å². The maximum absolute atomic E-state index is 11.1. The summed E-state index contributed by atoms with van der Waals surface area (Å²) >= 11 is 0. The predicted molar refractivity (Wildman–Crippen MR) is 48.6 cm³/mol. The predicted octanol–water partition coefficient (Wildman–Crippen LogP) is 1.00. The quantitative estimate of drug-likeness (QED) is 0.616. The van der Waals surface area contributed by atoms with Crippen LogP contribution in [0.4, 0.5) is 0 Å². The average molecular weight is 185 g/mol. The Kier molecular flexibility index (Phi) is 3.28. The molecule has 0 aromatic heterocycles. The molecule has 74 valence electrons. The van der Waals surface area contributed by atoms with E-state index >= 15 is 0 Å². The van der Waals surface area contributed by atoms with Gasteiger partial charge in [-0.2, -0.15) is 0 Å². The van der Waals surface area contributed by atoms with Crippen molar-refractivity contribution in [3.8, 4) is 0 Å². The topological polar surface area (TPSA) is 47.9 Å². The highest BCUT2D eigenvalue weighted by Crippen LogP contribution is 2.14. The van der Waals surface area contributed by atoms with Crippen LogP contribution in [-0.4, -0.2) is 31.6 Å². The molecule has 0 radical (unpaired) electrons. The molecular formula is C9H15NO3. The van der Waals surface area contributed by atoms with Crippen molar-refractivity contribution in [3.05, 3.63) is 0 Å². The van der Waals surface area contributed by atoms with Crippen LogP contribution in [0.15, 0.2) is 4.99 Å². The molecule has 4 heteroatoms. The fourth-order valence-electron chi connectivity index (χ4n) is 1.09. The van der Waals surface area contributed by atoms with Crippen LogP contribution in [-0.2, 0) is 14.3 Å². The smallest absolute Gasteiger partial charge is 0.334 e. The molecule has 0 saturated carbocycles. The Balaban J connectivity index is 2.58. The third-order valence-corrected chi connectivity index (χ3v) is 2.18. The summed E-state index contributed by atoms with van der Waals surface area (Å²) in [5.41, 5.74) is 0. The van der Waals surface area contributed by atoms with Gasteiger partial charge in [-0.3, -0.25) is 0 Å². The molecule has 1 rings (SSSR count). The van der Waals surface area contributed by atoms with Gasteiger partial charge in [0.25, 0.3) is 0 Å². The highest BCUT2D eigenvalue weighted by atomic mass is 16.5. The molecule has 1 heterocycles. The van der Waals surface area contributed by atoms with Crippen LogP contribution < -0.4 is 0 Å². The minimum Gasteiger partial charge on any atom is -0.478 e. The summed E-state index contributed by atoms with van der Waals surface area (Å²) in [7, 11) is 1.36. The van der Waals surface area contributed by atoms with Crippen LogP contribution in [0.1, 0.15) is 20.3 Å². The fraction of sp³-hybridized carbons (Fsp3) is 0.778. The molecule has 0 aliphatic carbocycles. The second-order valence-electron chi connectivity index (χ2n) is 3.13. The fourth-order valence-corrected chi connectivity index (χ4v) is 1.09. The van der Waals surface area contributed by atoms with Gasteiger partial charge in [-0.25, -0.2) is 9.79 Å². The Labute approximate surface area is 77.9 Å². The third kappa shape index (κ3) is 2.20. The first-order valence-electron chi connectivity index (χ1n) is 4.47. The molecule has 13 heavy (non-hydrogen) atoms. The first-order valence-corrected chi connectivity index (χ1v) is 4.47. The Morgan fingerprint density at radius 3 is 3.08 bits per heavy atom. The van der Waals surface area contributed by atoms with Gasteiger partial charge in [0.1, 0.15) is 6.61 Å². The van der Waals surface area contributed by atoms with Gasteiger partial charge in [0.2, 0.25) is 0 Å². The summed E-state index contributed by atoms with van der Waals surface area (Å²) in [6, 6.07) is -0.450. The standard InChI is InChI=1S/C9H15NO3/c1-4-6(2)8-10-7(5-13-8)9(11)12-3/h6-7H,4-5H2,1-3H3. The van der Waals surface area contributed by atoms with Crippen molar-refractivity contribution in [2.45, 2.75) is 26.3 Å². The molecule has 0 fully saturated rings. The minimum absolute atomic E-state index is 0.287. The molecule has 4 nitrogen and oxygen atoms in total. The maximum atomic E-state index is 11.1. The summed E-state index contributed by atoms with van der Waals surface area (Å²) < 4.78 is 9.86. The Morgan fingerprint density at radius 2 is 2.54 bits per heavy atom. The van der Waals surface area contributed by atoms with Gasteiger partial charge in [-0.05, 0) is 6.42 Å². The average Bonchev–Trinajstić information content (AvgIpc) is 2.64. The second-order valence-corrected chi connectivity index (χ2v) is 3.13. The number of ether oxygens (including phenoxy) is 2. The van der Waals surface area contributed by atoms with Crippen molar-refractivity contribution >= 4 is 11.9 Å². The third-order valence-electron chi connectivity index (χ3n) is 2.18. The Hall–Kier alpha value is -1.06. The summed E-state index contributed by atoms with van der Waals surface area (Å²) in [5.74, 6) is 0.644. The van der Waals surface area contributed by atoms with Crippen LogP contribution in [0, 0.1) is 5.92 Å². The number of carbonyl (C=O) groups excluding carboxylic acids is 1. The van der Waals surface area contributed by atoms with E-state index in [1.807, 2.05) is 6.92 Å². The summed E-state index contributed by atoms with van der Waals surface area (Å²) in [5, 5.41) is 0. The number of rotatable bonds is 3. The van der Waals surface area contributed by atoms with Gasteiger partial charge in [0.05, 0.1) is 7.11 Å². The van der Waals surface area contributed by atoms with E-state index in [1.54, 1.807) is 0 Å². The molecular weight excluding hydrogens is 170 g/mol. The zero-order valence-corrected chi connectivity index (χ0v) is 8.24.